The molecule has 0 radical (unpaired) electrons. The van der Waals surface area contributed by atoms with Crippen molar-refractivity contribution >= 4 is 11.7 Å². The van der Waals surface area contributed by atoms with Crippen molar-refractivity contribution < 1.29 is 14.3 Å². The van der Waals surface area contributed by atoms with Gasteiger partial charge in [0, 0.05) is 43.7 Å². The summed E-state index contributed by atoms with van der Waals surface area (Å²) in [7, 11) is 0. The molecule has 1 aromatic carbocycles. The first-order valence-electron chi connectivity index (χ1n) is 10.3. The Bertz CT molecular complexity index is 985. The molecule has 0 spiro atoms. The Hall–Kier alpha value is -3.46. The monoisotopic (exact) mass is 422 g/mol. The molecule has 0 atom stereocenters. The zero-order valence-corrected chi connectivity index (χ0v) is 17.5. The molecule has 162 valence electrons. The zero-order valence-electron chi connectivity index (χ0n) is 17.5. The molecule has 3 heterocycles. The van der Waals surface area contributed by atoms with E-state index in [4.69, 9.17) is 9.47 Å². The lowest BCUT2D eigenvalue weighted by Crippen LogP contribution is -2.37. The number of morpholine rings is 1. The summed E-state index contributed by atoms with van der Waals surface area (Å²) in [5.74, 6) is 1.86. The fraction of sp³-hybridized carbons (Fsp3) is 0.364. The summed E-state index contributed by atoms with van der Waals surface area (Å²) in [6.07, 6.45) is 5.42. The van der Waals surface area contributed by atoms with Crippen molar-refractivity contribution in [2.75, 3.05) is 44.4 Å². The molecule has 0 bridgehead atoms. The summed E-state index contributed by atoms with van der Waals surface area (Å²) < 4.78 is 13.1. The van der Waals surface area contributed by atoms with Crippen LogP contribution in [0.2, 0.25) is 0 Å². The molecule has 1 N–H and O–H groups in total. The van der Waals surface area contributed by atoms with Gasteiger partial charge >= 0.3 is 0 Å². The quantitative estimate of drug-likeness (QED) is 0.552. The number of aryl methyl sites for hydroxylation is 1. The van der Waals surface area contributed by atoms with Gasteiger partial charge in [0.05, 0.1) is 26.1 Å². The Labute approximate surface area is 181 Å². The third-order valence-electron chi connectivity index (χ3n) is 4.91. The topological polar surface area (TPSA) is 94.4 Å². The smallest absolute Gasteiger partial charge is 0.251 e. The summed E-state index contributed by atoms with van der Waals surface area (Å²) in [6, 6.07) is 9.37. The minimum Gasteiger partial charge on any atom is -0.476 e. The Morgan fingerprint density at radius 2 is 2.00 bits per heavy atom. The van der Waals surface area contributed by atoms with E-state index >= 15 is 0 Å². The lowest BCUT2D eigenvalue weighted by atomic mass is 10.1. The van der Waals surface area contributed by atoms with E-state index in [1.54, 1.807) is 12.5 Å². The highest BCUT2D eigenvalue weighted by Crippen LogP contribution is 2.18. The number of carbonyl (C=O) groups is 1. The maximum absolute atomic E-state index is 12.4. The van der Waals surface area contributed by atoms with Crippen LogP contribution in [-0.2, 0) is 11.3 Å². The van der Waals surface area contributed by atoms with Crippen LogP contribution in [0, 0.1) is 6.92 Å². The second-order valence-corrected chi connectivity index (χ2v) is 7.25. The van der Waals surface area contributed by atoms with Crippen LogP contribution in [0.15, 0.2) is 49.1 Å². The predicted octanol–water partition coefficient (Wildman–Crippen LogP) is 1.68. The molecule has 2 aromatic heterocycles. The first-order valence-corrected chi connectivity index (χ1v) is 10.3. The molecule has 1 aliphatic rings. The van der Waals surface area contributed by atoms with E-state index in [2.05, 4.69) is 25.2 Å². The van der Waals surface area contributed by atoms with Crippen molar-refractivity contribution in [2.45, 2.75) is 13.5 Å². The van der Waals surface area contributed by atoms with Crippen LogP contribution in [0.4, 0.5) is 5.82 Å². The molecule has 0 aliphatic carbocycles. The average molecular weight is 422 g/mol. The highest BCUT2D eigenvalue weighted by Gasteiger charge is 2.14. The largest absolute Gasteiger partial charge is 0.476 e. The molecule has 1 aliphatic heterocycles. The van der Waals surface area contributed by atoms with Gasteiger partial charge in [-0.2, -0.15) is 4.98 Å². The van der Waals surface area contributed by atoms with E-state index in [1.807, 2.05) is 48.0 Å². The van der Waals surface area contributed by atoms with Gasteiger partial charge in [-0.3, -0.25) is 4.79 Å². The molecule has 4 rings (SSSR count). The predicted molar refractivity (Wildman–Crippen MR) is 115 cm³/mol. The summed E-state index contributed by atoms with van der Waals surface area (Å²) in [5, 5.41) is 2.88. The standard InChI is InChI=1S/C22H26N6O3/c1-17-25-20(28-9-12-30-13-10-28)14-21(26-17)31-11-7-24-22(29)19-4-2-18(3-5-19)15-27-8-6-23-16-27/h2-6,8,14,16H,7,9-13,15H2,1H3,(H,24,29). The van der Waals surface area contributed by atoms with Crippen LogP contribution in [0.3, 0.4) is 0 Å². The Morgan fingerprint density at radius 1 is 1.19 bits per heavy atom. The van der Waals surface area contributed by atoms with Crippen LogP contribution in [0.1, 0.15) is 21.7 Å². The Morgan fingerprint density at radius 3 is 2.74 bits per heavy atom. The van der Waals surface area contributed by atoms with Crippen molar-refractivity contribution in [1.29, 1.82) is 0 Å². The Kier molecular flexibility index (Phi) is 6.73. The van der Waals surface area contributed by atoms with Gasteiger partial charge in [-0.25, -0.2) is 9.97 Å². The normalized spacial score (nSPS) is 13.8. The highest BCUT2D eigenvalue weighted by molar-refractivity contribution is 5.94. The molecular formula is C22H26N6O3. The number of rotatable bonds is 8. The third kappa shape index (κ3) is 5.79. The van der Waals surface area contributed by atoms with Crippen molar-refractivity contribution in [1.82, 2.24) is 24.8 Å². The van der Waals surface area contributed by atoms with Crippen molar-refractivity contribution in [3.8, 4) is 5.88 Å². The fourth-order valence-corrected chi connectivity index (χ4v) is 3.33. The lowest BCUT2D eigenvalue weighted by Gasteiger charge is -2.28. The molecule has 3 aromatic rings. The summed E-state index contributed by atoms with van der Waals surface area (Å²) in [5.41, 5.74) is 1.72. The van der Waals surface area contributed by atoms with Crippen LogP contribution in [0.25, 0.3) is 0 Å². The summed E-state index contributed by atoms with van der Waals surface area (Å²) >= 11 is 0. The van der Waals surface area contributed by atoms with Gasteiger partial charge in [0.25, 0.3) is 5.91 Å². The number of hydrogen-bond donors (Lipinski definition) is 1. The van der Waals surface area contributed by atoms with E-state index < -0.39 is 0 Å². The van der Waals surface area contributed by atoms with Crippen molar-refractivity contribution in [3.05, 3.63) is 66.0 Å². The minimum atomic E-state index is -0.134. The van der Waals surface area contributed by atoms with Crippen LogP contribution >= 0.6 is 0 Å². The number of ether oxygens (including phenoxy) is 2. The molecule has 0 unspecified atom stereocenters. The first kappa shape index (κ1) is 20.8. The highest BCUT2D eigenvalue weighted by atomic mass is 16.5. The second kappa shape index (κ2) is 10.0. The minimum absolute atomic E-state index is 0.134. The van der Waals surface area contributed by atoms with Gasteiger partial charge in [-0.05, 0) is 24.6 Å². The molecule has 1 saturated heterocycles. The van der Waals surface area contributed by atoms with Gasteiger partial charge in [0.1, 0.15) is 18.2 Å². The van der Waals surface area contributed by atoms with Gasteiger partial charge in [0.15, 0.2) is 0 Å². The van der Waals surface area contributed by atoms with Crippen LogP contribution < -0.4 is 15.0 Å². The number of benzene rings is 1. The van der Waals surface area contributed by atoms with E-state index in [0.717, 1.165) is 31.0 Å². The number of nitrogens with one attached hydrogen (secondary N) is 1. The summed E-state index contributed by atoms with van der Waals surface area (Å²) in [6.45, 7) is 6.25. The number of hydrogen-bond acceptors (Lipinski definition) is 7. The second-order valence-electron chi connectivity index (χ2n) is 7.25. The molecule has 1 fully saturated rings. The number of imidazole rings is 1. The first-order chi connectivity index (χ1) is 15.2. The van der Waals surface area contributed by atoms with Gasteiger partial charge in [0.2, 0.25) is 5.88 Å². The van der Waals surface area contributed by atoms with Gasteiger partial charge in [-0.15, -0.1) is 0 Å². The van der Waals surface area contributed by atoms with E-state index in [0.29, 0.717) is 43.6 Å². The maximum Gasteiger partial charge on any atom is 0.251 e. The number of amides is 1. The number of nitrogens with zero attached hydrogens (tertiary/aromatic N) is 5. The SMILES string of the molecule is Cc1nc(OCCNC(=O)c2ccc(Cn3ccnc3)cc2)cc(N2CCOCC2)n1. The molecular weight excluding hydrogens is 396 g/mol. The number of anilines is 1. The fourth-order valence-electron chi connectivity index (χ4n) is 3.33. The van der Waals surface area contributed by atoms with Gasteiger partial charge in [-0.1, -0.05) is 12.1 Å². The van der Waals surface area contributed by atoms with E-state index in [9.17, 15) is 4.79 Å². The molecule has 0 saturated carbocycles. The molecule has 1 amide bonds. The number of aromatic nitrogens is 4. The van der Waals surface area contributed by atoms with Crippen LogP contribution in [0.5, 0.6) is 5.88 Å². The average Bonchev–Trinajstić information content (AvgIpc) is 3.30. The maximum atomic E-state index is 12.4. The summed E-state index contributed by atoms with van der Waals surface area (Å²) in [4.78, 5) is 27.4. The van der Waals surface area contributed by atoms with Crippen LogP contribution in [-0.4, -0.2) is 64.9 Å². The van der Waals surface area contributed by atoms with E-state index in [-0.39, 0.29) is 5.91 Å². The van der Waals surface area contributed by atoms with E-state index in [1.165, 1.54) is 0 Å². The lowest BCUT2D eigenvalue weighted by molar-refractivity contribution is 0.0946. The number of carbonyl (C=O) groups excluding carboxylic acids is 1. The zero-order chi connectivity index (χ0) is 21.5. The third-order valence-corrected chi connectivity index (χ3v) is 4.91. The van der Waals surface area contributed by atoms with Crippen molar-refractivity contribution in [3.63, 3.8) is 0 Å². The molecule has 31 heavy (non-hydrogen) atoms. The van der Waals surface area contributed by atoms with Crippen molar-refractivity contribution in [2.24, 2.45) is 0 Å². The molecule has 9 heteroatoms. The van der Waals surface area contributed by atoms with Gasteiger partial charge < -0.3 is 24.3 Å². The Balaban J connectivity index is 1.25. The molecule has 9 nitrogen and oxygen atoms in total.